The molecule has 2 aliphatic heterocycles. The molecule has 1 aromatic carbocycles. The zero-order chi connectivity index (χ0) is 31.0. The van der Waals surface area contributed by atoms with Crippen molar-refractivity contribution in [2.75, 3.05) is 26.2 Å². The van der Waals surface area contributed by atoms with Crippen LogP contribution < -0.4 is 21.3 Å². The van der Waals surface area contributed by atoms with E-state index in [0.29, 0.717) is 37.3 Å². The zero-order valence-corrected chi connectivity index (χ0v) is 22.4. The minimum atomic E-state index is -1.68. The van der Waals surface area contributed by atoms with Crippen molar-refractivity contribution in [3.63, 3.8) is 0 Å². The molecule has 0 saturated carbocycles. The Morgan fingerprint density at radius 1 is 0.643 bits per heavy atom. The number of amides is 6. The van der Waals surface area contributed by atoms with Gasteiger partial charge in [-0.15, -0.1) is 6.42 Å². The third-order valence-electron chi connectivity index (χ3n) is 7.11. The highest BCUT2D eigenvalue weighted by Crippen LogP contribution is 2.35. The van der Waals surface area contributed by atoms with Gasteiger partial charge in [-0.05, 0) is 75.1 Å². The number of hydrogen-bond donors (Lipinski definition) is 8. The number of carbonyl (C=O) groups is 6. The maximum Gasteiger partial charge on any atom is 0.411 e. The molecule has 0 aliphatic carbocycles. The molecule has 0 bridgehead atoms. The van der Waals surface area contributed by atoms with Gasteiger partial charge in [0.15, 0.2) is 0 Å². The molecule has 0 aromatic heterocycles. The summed E-state index contributed by atoms with van der Waals surface area (Å²) in [6.45, 7) is 1.77. The van der Waals surface area contributed by atoms with Gasteiger partial charge in [0.25, 0.3) is 11.8 Å². The molecular formula is C26H32N6O10. The number of terminal acetylenes is 1. The zero-order valence-electron chi connectivity index (χ0n) is 22.4. The maximum absolute atomic E-state index is 13.0. The second-order valence-corrected chi connectivity index (χ2v) is 9.85. The van der Waals surface area contributed by atoms with E-state index in [0.717, 1.165) is 25.7 Å². The number of benzene rings is 1. The van der Waals surface area contributed by atoms with Crippen LogP contribution in [0.1, 0.15) is 54.5 Å². The summed E-state index contributed by atoms with van der Waals surface area (Å²) in [5.74, 6) is 0.225. The van der Waals surface area contributed by atoms with E-state index in [1.54, 1.807) is 26.5 Å². The van der Waals surface area contributed by atoms with Crippen LogP contribution in [0.15, 0.2) is 18.2 Å². The summed E-state index contributed by atoms with van der Waals surface area (Å²) < 4.78 is 0. The molecule has 8 N–H and O–H groups in total. The van der Waals surface area contributed by atoms with Crippen LogP contribution in [0.25, 0.3) is 0 Å². The predicted octanol–water partition coefficient (Wildman–Crippen LogP) is 0.803. The Labute approximate surface area is 240 Å². The SMILES string of the molecule is C#Cc1cc(C(C(NC(=O)O)C(=O)NC(=O)O)N2CCCC2)cc(C(C(NC(=O)O)C(=O)NC(=O)O)N2CCCC2)c1. The van der Waals surface area contributed by atoms with Gasteiger partial charge < -0.3 is 31.1 Å². The van der Waals surface area contributed by atoms with Crippen molar-refractivity contribution in [3.05, 3.63) is 34.9 Å². The molecule has 4 unspecified atom stereocenters. The van der Waals surface area contributed by atoms with Crippen molar-refractivity contribution in [1.82, 2.24) is 31.1 Å². The highest BCUT2D eigenvalue weighted by molar-refractivity contribution is 5.97. The van der Waals surface area contributed by atoms with E-state index in [1.807, 2.05) is 0 Å². The van der Waals surface area contributed by atoms with E-state index < -0.39 is 60.4 Å². The van der Waals surface area contributed by atoms with Gasteiger partial charge in [-0.25, -0.2) is 19.2 Å². The maximum atomic E-state index is 13.0. The van der Waals surface area contributed by atoms with Crippen LogP contribution in [0, 0.1) is 12.3 Å². The summed E-state index contributed by atoms with van der Waals surface area (Å²) in [6.07, 6.45) is 2.09. The average molecular weight is 589 g/mol. The number of rotatable bonds is 10. The molecule has 16 nitrogen and oxygen atoms in total. The minimum Gasteiger partial charge on any atom is -0.465 e. The lowest BCUT2D eigenvalue weighted by atomic mass is 9.89. The number of likely N-dealkylation sites (tertiary alicyclic amines) is 2. The highest BCUT2D eigenvalue weighted by atomic mass is 16.4. The predicted molar refractivity (Wildman–Crippen MR) is 144 cm³/mol. The number of carbonyl (C=O) groups excluding carboxylic acids is 2. The quantitative estimate of drug-likeness (QED) is 0.177. The first-order valence-corrected chi connectivity index (χ1v) is 13.1. The molecule has 2 aliphatic rings. The van der Waals surface area contributed by atoms with Crippen LogP contribution in [0.2, 0.25) is 0 Å². The summed E-state index contributed by atoms with van der Waals surface area (Å²) in [7, 11) is 0. The van der Waals surface area contributed by atoms with E-state index in [-0.39, 0.29) is 5.56 Å². The van der Waals surface area contributed by atoms with Crippen LogP contribution in [0.5, 0.6) is 0 Å². The van der Waals surface area contributed by atoms with E-state index in [9.17, 15) is 39.0 Å². The van der Waals surface area contributed by atoms with Crippen LogP contribution in [-0.4, -0.2) is 105 Å². The van der Waals surface area contributed by atoms with Crippen LogP contribution in [0.4, 0.5) is 19.2 Å². The second kappa shape index (κ2) is 14.1. The molecule has 3 rings (SSSR count). The number of carboxylic acid groups (broad SMARTS) is 4. The Balaban J connectivity index is 2.23. The first-order valence-electron chi connectivity index (χ1n) is 13.1. The normalized spacial score (nSPS) is 18.1. The first kappa shape index (κ1) is 31.6. The van der Waals surface area contributed by atoms with Crippen molar-refractivity contribution in [1.29, 1.82) is 0 Å². The monoisotopic (exact) mass is 588 g/mol. The summed E-state index contributed by atoms with van der Waals surface area (Å²) in [6, 6.07) is -0.718. The second-order valence-electron chi connectivity index (χ2n) is 9.85. The van der Waals surface area contributed by atoms with Gasteiger partial charge in [0.2, 0.25) is 0 Å². The Bertz CT molecular complexity index is 1180. The molecule has 2 heterocycles. The van der Waals surface area contributed by atoms with Gasteiger partial charge in [-0.2, -0.15) is 0 Å². The van der Waals surface area contributed by atoms with Crippen molar-refractivity contribution in [2.45, 2.75) is 49.9 Å². The topological polar surface area (TPSA) is 238 Å². The number of nitrogens with one attached hydrogen (secondary N) is 4. The van der Waals surface area contributed by atoms with Gasteiger partial charge in [0.1, 0.15) is 12.1 Å². The van der Waals surface area contributed by atoms with Crippen molar-refractivity contribution >= 4 is 36.2 Å². The van der Waals surface area contributed by atoms with E-state index in [1.165, 1.54) is 12.1 Å². The molecule has 4 atom stereocenters. The Morgan fingerprint density at radius 3 is 1.29 bits per heavy atom. The molecular weight excluding hydrogens is 556 g/mol. The minimum absolute atomic E-state index is 0.247. The molecule has 2 fully saturated rings. The third kappa shape index (κ3) is 8.08. The molecule has 0 spiro atoms. The standard InChI is InChI=1S/C26H32N6O10/c1-2-14-11-15(19(31-7-3-4-8-31)17(27-23(35)36)21(33)29-25(39)40)13-16(12-14)20(32-9-5-6-10-32)18(28-24(37)38)22(34)30-26(41)42/h1,11-13,17-20,27-28H,3-10H2,(H,29,33)(H,30,34)(H,35,36)(H,37,38)(H,39,40)(H,41,42). The van der Waals surface area contributed by atoms with Crippen molar-refractivity contribution < 1.29 is 49.2 Å². The number of hydrogen-bond acceptors (Lipinski definition) is 8. The smallest absolute Gasteiger partial charge is 0.411 e. The van der Waals surface area contributed by atoms with Gasteiger partial charge >= 0.3 is 24.4 Å². The average Bonchev–Trinajstić information content (AvgIpc) is 3.62. The number of nitrogens with zero attached hydrogens (tertiary/aromatic N) is 2. The van der Waals surface area contributed by atoms with Crippen LogP contribution >= 0.6 is 0 Å². The Hall–Kier alpha value is -4.88. The molecule has 42 heavy (non-hydrogen) atoms. The fourth-order valence-corrected chi connectivity index (χ4v) is 5.58. The Kier molecular flexibility index (Phi) is 10.7. The van der Waals surface area contributed by atoms with Crippen molar-refractivity contribution in [2.24, 2.45) is 0 Å². The molecule has 0 radical (unpaired) electrons. The largest absolute Gasteiger partial charge is 0.465 e. The summed E-state index contributed by atoms with van der Waals surface area (Å²) >= 11 is 0. The third-order valence-corrected chi connectivity index (χ3v) is 7.11. The highest BCUT2D eigenvalue weighted by Gasteiger charge is 2.40. The summed E-state index contributed by atoms with van der Waals surface area (Å²) in [5, 5.41) is 45.0. The van der Waals surface area contributed by atoms with E-state index >= 15 is 0 Å². The van der Waals surface area contributed by atoms with Gasteiger partial charge in [-0.3, -0.25) is 30.0 Å². The van der Waals surface area contributed by atoms with Gasteiger partial charge in [0.05, 0.1) is 12.1 Å². The molecule has 2 saturated heterocycles. The number of imide groups is 2. The lowest BCUT2D eigenvalue weighted by molar-refractivity contribution is -0.124. The summed E-state index contributed by atoms with van der Waals surface area (Å²) in [5.41, 5.74) is 0.855. The van der Waals surface area contributed by atoms with Crippen LogP contribution in [-0.2, 0) is 9.59 Å². The van der Waals surface area contributed by atoms with Gasteiger partial charge in [0, 0.05) is 5.56 Å². The molecule has 6 amide bonds. The fraction of sp³-hybridized carbons (Fsp3) is 0.462. The Morgan fingerprint density at radius 2 is 1.00 bits per heavy atom. The molecule has 16 heteroatoms. The lowest BCUT2D eigenvalue weighted by Gasteiger charge is -2.36. The molecule has 1 aromatic rings. The first-order chi connectivity index (χ1) is 19.9. The fourth-order valence-electron chi connectivity index (χ4n) is 5.58. The molecule has 226 valence electrons. The van der Waals surface area contributed by atoms with E-state index in [4.69, 9.17) is 16.6 Å². The van der Waals surface area contributed by atoms with Crippen LogP contribution in [0.3, 0.4) is 0 Å². The van der Waals surface area contributed by atoms with Gasteiger partial charge in [-0.1, -0.05) is 12.0 Å². The summed E-state index contributed by atoms with van der Waals surface area (Å²) in [4.78, 5) is 75.6. The van der Waals surface area contributed by atoms with E-state index in [2.05, 4.69) is 16.6 Å². The van der Waals surface area contributed by atoms with Crippen molar-refractivity contribution in [3.8, 4) is 12.3 Å². The lowest BCUT2D eigenvalue weighted by Crippen LogP contribution is -2.55.